The molecule has 2 N–H and O–H groups in total. The number of amides is 1. The summed E-state index contributed by atoms with van der Waals surface area (Å²) in [4.78, 5) is 33.6. The van der Waals surface area contributed by atoms with Crippen LogP contribution < -0.4 is 10.6 Å². The van der Waals surface area contributed by atoms with Crippen molar-refractivity contribution < 1.29 is 22.8 Å². The molecule has 0 bridgehead atoms. The Hall–Kier alpha value is -4.01. The number of hydrogen-bond donors (Lipinski definition) is 2. The molecule has 2 atom stereocenters. The van der Waals surface area contributed by atoms with E-state index in [-0.39, 0.29) is 12.1 Å². The second-order valence-corrected chi connectivity index (χ2v) is 7.92. The summed E-state index contributed by atoms with van der Waals surface area (Å²) in [6, 6.07) is 14.2. The van der Waals surface area contributed by atoms with E-state index >= 15 is 0 Å². The van der Waals surface area contributed by atoms with Gasteiger partial charge in [0.15, 0.2) is 11.6 Å². The molecular weight excluding hydrogens is 445 g/mol. The van der Waals surface area contributed by atoms with Crippen LogP contribution in [0.5, 0.6) is 0 Å². The van der Waals surface area contributed by atoms with Crippen molar-refractivity contribution in [3.8, 4) is 0 Å². The van der Waals surface area contributed by atoms with E-state index in [1.807, 2.05) is 42.5 Å². The Morgan fingerprint density at radius 1 is 1.06 bits per heavy atom. The van der Waals surface area contributed by atoms with Gasteiger partial charge < -0.3 is 10.6 Å². The smallest absolute Gasteiger partial charge is 0.251 e. The monoisotopic (exact) mass is 466 g/mol. The highest BCUT2D eigenvalue weighted by atomic mass is 19.2. The van der Waals surface area contributed by atoms with Crippen LogP contribution in [0.4, 0.5) is 24.5 Å². The van der Waals surface area contributed by atoms with Crippen molar-refractivity contribution in [2.75, 3.05) is 10.6 Å². The molecule has 0 saturated carbocycles. The summed E-state index contributed by atoms with van der Waals surface area (Å²) >= 11 is 0. The number of pyridine rings is 1. The molecule has 174 valence electrons. The number of nitrogens with zero attached hydrogens (tertiary/aromatic N) is 2. The molecule has 0 aliphatic carbocycles. The van der Waals surface area contributed by atoms with Crippen molar-refractivity contribution in [1.29, 1.82) is 0 Å². The fourth-order valence-electron chi connectivity index (χ4n) is 3.68. The number of aryl methyl sites for hydroxylation is 1. The van der Waals surface area contributed by atoms with Crippen molar-refractivity contribution in [3.05, 3.63) is 89.0 Å². The number of anilines is 2. The van der Waals surface area contributed by atoms with Gasteiger partial charge in [0.2, 0.25) is 11.7 Å². The van der Waals surface area contributed by atoms with Gasteiger partial charge in [-0.2, -0.15) is 8.78 Å². The number of aliphatic imine (C=N–C) groups is 1. The molecule has 1 aliphatic heterocycles. The largest absolute Gasteiger partial charge is 0.371 e. The number of benzodiazepines with no additional fused rings is 1. The maximum Gasteiger partial charge on any atom is 0.251 e. The molecule has 0 fully saturated rings. The van der Waals surface area contributed by atoms with E-state index in [9.17, 15) is 22.8 Å². The molecule has 3 aromatic rings. The van der Waals surface area contributed by atoms with Gasteiger partial charge >= 0.3 is 0 Å². The Morgan fingerprint density at radius 3 is 2.47 bits per heavy atom. The lowest BCUT2D eigenvalue weighted by Gasteiger charge is -2.18. The van der Waals surface area contributed by atoms with E-state index in [0.717, 1.165) is 5.56 Å². The number of para-hydroxylation sites is 1. The van der Waals surface area contributed by atoms with Crippen LogP contribution in [-0.4, -0.2) is 34.5 Å². The fourth-order valence-corrected chi connectivity index (χ4v) is 3.68. The van der Waals surface area contributed by atoms with Crippen LogP contribution in [0.3, 0.4) is 0 Å². The first-order valence-corrected chi connectivity index (χ1v) is 10.6. The summed E-state index contributed by atoms with van der Waals surface area (Å²) in [6.45, 7) is 2.56. The Balaban J connectivity index is 1.62. The van der Waals surface area contributed by atoms with E-state index in [1.54, 1.807) is 12.1 Å². The minimum atomic E-state index is -1.52. The third-order valence-electron chi connectivity index (χ3n) is 5.52. The van der Waals surface area contributed by atoms with Gasteiger partial charge in [0.05, 0.1) is 23.1 Å². The number of nitrogens with one attached hydrogen (secondary N) is 2. The van der Waals surface area contributed by atoms with Crippen LogP contribution >= 0.6 is 0 Å². The van der Waals surface area contributed by atoms with Gasteiger partial charge in [0, 0.05) is 17.5 Å². The van der Waals surface area contributed by atoms with Crippen LogP contribution in [0.1, 0.15) is 30.2 Å². The molecule has 1 aliphatic rings. The number of Topliss-reactive ketones (excluding diaryl/α,β-unsaturated/α-hetero) is 1. The number of fused-ring (bicyclic) bond motifs is 1. The zero-order valence-corrected chi connectivity index (χ0v) is 18.4. The highest BCUT2D eigenvalue weighted by molar-refractivity contribution is 6.20. The number of rotatable bonds is 6. The lowest BCUT2D eigenvalue weighted by atomic mass is 10.0. The van der Waals surface area contributed by atoms with Crippen LogP contribution in [0.25, 0.3) is 0 Å². The number of halogens is 3. The molecule has 6 nitrogen and oxygen atoms in total. The lowest BCUT2D eigenvalue weighted by molar-refractivity contribution is -0.124. The zero-order chi connectivity index (χ0) is 24.4. The molecule has 0 saturated heterocycles. The number of carbonyl (C=O) groups is 2. The van der Waals surface area contributed by atoms with Crippen molar-refractivity contribution in [1.82, 2.24) is 4.98 Å². The van der Waals surface area contributed by atoms with Gasteiger partial charge in [-0.15, -0.1) is 0 Å². The first kappa shape index (κ1) is 23.2. The average molecular weight is 466 g/mol. The highest BCUT2D eigenvalue weighted by Crippen LogP contribution is 2.26. The van der Waals surface area contributed by atoms with Crippen LogP contribution in [0.2, 0.25) is 0 Å². The summed E-state index contributed by atoms with van der Waals surface area (Å²) in [5, 5.41) is 5.18. The molecule has 4 rings (SSSR count). The molecule has 34 heavy (non-hydrogen) atoms. The Bertz CT molecular complexity index is 1270. The number of carbonyl (C=O) groups excluding carboxylic acids is 2. The second kappa shape index (κ2) is 9.46. The number of hydrogen-bond acceptors (Lipinski definition) is 5. The van der Waals surface area contributed by atoms with E-state index in [0.29, 0.717) is 17.0 Å². The van der Waals surface area contributed by atoms with E-state index in [1.165, 1.54) is 13.8 Å². The van der Waals surface area contributed by atoms with E-state index in [2.05, 4.69) is 20.6 Å². The lowest BCUT2D eigenvalue weighted by Crippen LogP contribution is -2.34. The number of benzene rings is 2. The van der Waals surface area contributed by atoms with Gasteiger partial charge in [-0.1, -0.05) is 48.5 Å². The van der Waals surface area contributed by atoms with Crippen molar-refractivity contribution in [2.24, 2.45) is 4.99 Å². The van der Waals surface area contributed by atoms with Gasteiger partial charge in [-0.25, -0.2) is 9.37 Å². The SMILES string of the molecule is Cc1nc(F)c(F)c(N[C@@H](C)C(=O)CC2N=C(c3ccccc3)c3ccccc3NC2=O)c1F. The van der Waals surface area contributed by atoms with Crippen molar-refractivity contribution >= 4 is 28.8 Å². The van der Waals surface area contributed by atoms with E-state index in [4.69, 9.17) is 0 Å². The van der Waals surface area contributed by atoms with Gasteiger partial charge in [-0.05, 0) is 19.9 Å². The summed E-state index contributed by atoms with van der Waals surface area (Å²) in [5.74, 6) is -5.10. The van der Waals surface area contributed by atoms with Gasteiger partial charge in [0.25, 0.3) is 5.95 Å². The first-order valence-electron chi connectivity index (χ1n) is 10.6. The van der Waals surface area contributed by atoms with Crippen molar-refractivity contribution in [3.63, 3.8) is 0 Å². The molecule has 2 aromatic carbocycles. The minimum Gasteiger partial charge on any atom is -0.371 e. The normalized spacial score (nSPS) is 16.1. The molecule has 9 heteroatoms. The molecular formula is C25H21F3N4O2. The summed E-state index contributed by atoms with van der Waals surface area (Å²) < 4.78 is 42.0. The quantitative estimate of drug-likeness (QED) is 0.527. The first-order chi connectivity index (χ1) is 16.3. The van der Waals surface area contributed by atoms with Gasteiger partial charge in [-0.3, -0.25) is 14.6 Å². The predicted octanol–water partition coefficient (Wildman–Crippen LogP) is 4.43. The topological polar surface area (TPSA) is 83.4 Å². The van der Waals surface area contributed by atoms with Crippen LogP contribution in [0.15, 0.2) is 59.6 Å². The highest BCUT2D eigenvalue weighted by Gasteiger charge is 2.30. The molecule has 1 amide bonds. The van der Waals surface area contributed by atoms with E-state index < -0.39 is 47.0 Å². The standard InChI is InChI=1S/C25H21F3N4O2/c1-13(29-23-20(26)14(2)30-24(28)21(23)27)19(33)12-18-25(34)32-17-11-7-6-10-16(17)22(31-18)15-8-4-3-5-9-15/h3-11,13,18H,12H2,1-2H3,(H,29,30)(H,32,34)/t13-,18?/m0/s1. The Morgan fingerprint density at radius 2 is 1.74 bits per heavy atom. The predicted molar refractivity (Wildman–Crippen MR) is 122 cm³/mol. The summed E-state index contributed by atoms with van der Waals surface area (Å²) in [6.07, 6.45) is -0.333. The summed E-state index contributed by atoms with van der Waals surface area (Å²) in [5.41, 5.74) is 1.44. The fraction of sp³-hybridized carbons (Fsp3) is 0.200. The molecule has 0 radical (unpaired) electrons. The van der Waals surface area contributed by atoms with Crippen LogP contribution in [0, 0.1) is 24.5 Å². The average Bonchev–Trinajstić information content (AvgIpc) is 2.97. The molecule has 1 unspecified atom stereocenters. The minimum absolute atomic E-state index is 0.333. The maximum absolute atomic E-state index is 14.3. The molecule has 1 aromatic heterocycles. The van der Waals surface area contributed by atoms with Gasteiger partial charge in [0.1, 0.15) is 11.7 Å². The zero-order valence-electron chi connectivity index (χ0n) is 18.4. The third-order valence-corrected chi connectivity index (χ3v) is 5.52. The second-order valence-electron chi connectivity index (χ2n) is 7.92. The molecule has 0 spiro atoms. The third kappa shape index (κ3) is 4.54. The Kier molecular flexibility index (Phi) is 6.45. The molecule has 2 heterocycles. The Labute approximate surface area is 193 Å². The number of aromatic nitrogens is 1. The number of ketones is 1. The van der Waals surface area contributed by atoms with Crippen LogP contribution in [-0.2, 0) is 9.59 Å². The summed E-state index contributed by atoms with van der Waals surface area (Å²) in [7, 11) is 0. The van der Waals surface area contributed by atoms with Crippen molar-refractivity contribution in [2.45, 2.75) is 32.4 Å². The maximum atomic E-state index is 14.3.